The van der Waals surface area contributed by atoms with Crippen molar-refractivity contribution in [3.8, 4) is 0 Å². The zero-order chi connectivity index (χ0) is 16.0. The number of hydrogen-bond donors (Lipinski definition) is 0. The van der Waals surface area contributed by atoms with Crippen molar-refractivity contribution in [2.75, 3.05) is 0 Å². The Morgan fingerprint density at radius 1 is 1.32 bits per heavy atom. The predicted octanol–water partition coefficient (Wildman–Crippen LogP) is 3.62. The first-order valence-corrected chi connectivity index (χ1v) is 8.76. The third-order valence-corrected chi connectivity index (χ3v) is 6.19. The van der Waals surface area contributed by atoms with Crippen LogP contribution in [0.5, 0.6) is 0 Å². The molecule has 1 heterocycles. The molecule has 3 rings (SSSR count). The number of carbonyl (C=O) groups is 2. The van der Waals surface area contributed by atoms with Gasteiger partial charge in [0.1, 0.15) is 11.7 Å². The molecule has 124 valence electrons. The fraction of sp³-hybridized carbons (Fsp3) is 0.889. The quantitative estimate of drug-likeness (QED) is 0.728. The topological polar surface area (TPSA) is 52.6 Å². The van der Waals surface area contributed by atoms with Crippen LogP contribution in [0.2, 0.25) is 0 Å². The normalized spacial score (nSPS) is 43.4. The van der Waals surface area contributed by atoms with Gasteiger partial charge in [-0.3, -0.25) is 9.59 Å². The molecule has 0 amide bonds. The zero-order valence-corrected chi connectivity index (χ0v) is 14.0. The van der Waals surface area contributed by atoms with Crippen molar-refractivity contribution in [3.63, 3.8) is 0 Å². The van der Waals surface area contributed by atoms with E-state index in [-0.39, 0.29) is 18.0 Å². The zero-order valence-electron chi connectivity index (χ0n) is 14.0. The Morgan fingerprint density at radius 3 is 2.64 bits per heavy atom. The van der Waals surface area contributed by atoms with Crippen molar-refractivity contribution in [2.45, 2.75) is 83.8 Å². The van der Waals surface area contributed by atoms with Crippen LogP contribution in [0.15, 0.2) is 0 Å². The first-order valence-electron chi connectivity index (χ1n) is 8.76. The van der Waals surface area contributed by atoms with Gasteiger partial charge in [0.25, 0.3) is 0 Å². The lowest BCUT2D eigenvalue weighted by molar-refractivity contribution is -0.158. The third-order valence-electron chi connectivity index (χ3n) is 6.19. The van der Waals surface area contributed by atoms with Crippen molar-refractivity contribution in [1.82, 2.24) is 0 Å². The van der Waals surface area contributed by atoms with Gasteiger partial charge in [-0.1, -0.05) is 6.92 Å². The molecule has 0 aromatic heterocycles. The minimum Gasteiger partial charge on any atom is -0.462 e. The molecule has 0 aromatic rings. The molecular weight excluding hydrogens is 280 g/mol. The largest absolute Gasteiger partial charge is 0.462 e. The maximum absolute atomic E-state index is 12.1. The Balaban J connectivity index is 1.48. The van der Waals surface area contributed by atoms with E-state index >= 15 is 0 Å². The van der Waals surface area contributed by atoms with Gasteiger partial charge < -0.3 is 9.47 Å². The van der Waals surface area contributed by atoms with Crippen LogP contribution in [-0.2, 0) is 19.1 Å². The van der Waals surface area contributed by atoms with Gasteiger partial charge in [0, 0.05) is 12.8 Å². The summed E-state index contributed by atoms with van der Waals surface area (Å²) in [5.74, 6) is 1.12. The minimum absolute atomic E-state index is 0.125. The fourth-order valence-electron chi connectivity index (χ4n) is 4.61. The van der Waals surface area contributed by atoms with E-state index in [2.05, 4.69) is 0 Å². The van der Waals surface area contributed by atoms with E-state index in [0.29, 0.717) is 25.2 Å². The van der Waals surface area contributed by atoms with Gasteiger partial charge in [-0.25, -0.2) is 0 Å². The Bertz CT molecular complexity index is 474. The minimum atomic E-state index is -0.518. The molecule has 1 aliphatic heterocycles. The molecule has 0 aromatic carbocycles. The van der Waals surface area contributed by atoms with Crippen molar-refractivity contribution < 1.29 is 19.1 Å². The molecule has 2 saturated carbocycles. The lowest BCUT2D eigenvalue weighted by atomic mass is 9.79. The Labute approximate surface area is 132 Å². The van der Waals surface area contributed by atoms with E-state index in [9.17, 15) is 9.59 Å². The molecule has 0 radical (unpaired) electrons. The number of rotatable bonds is 5. The second-order valence-corrected chi connectivity index (χ2v) is 8.13. The lowest BCUT2D eigenvalue weighted by Gasteiger charge is -2.25. The van der Waals surface area contributed by atoms with Crippen LogP contribution in [-0.4, -0.2) is 23.6 Å². The summed E-state index contributed by atoms with van der Waals surface area (Å²) < 4.78 is 11.3. The van der Waals surface area contributed by atoms with Gasteiger partial charge in [0.05, 0.1) is 5.41 Å². The molecule has 5 atom stereocenters. The summed E-state index contributed by atoms with van der Waals surface area (Å²) in [6, 6.07) is 0. The summed E-state index contributed by atoms with van der Waals surface area (Å²) in [5.41, 5.74) is -0.918. The predicted molar refractivity (Wildman–Crippen MR) is 82.1 cm³/mol. The van der Waals surface area contributed by atoms with Crippen LogP contribution in [0, 0.1) is 17.3 Å². The number of hydrogen-bond acceptors (Lipinski definition) is 4. The highest BCUT2D eigenvalue weighted by molar-refractivity contribution is 5.79. The van der Waals surface area contributed by atoms with Gasteiger partial charge in [0.2, 0.25) is 0 Å². The highest BCUT2D eigenvalue weighted by Crippen LogP contribution is 2.47. The van der Waals surface area contributed by atoms with Crippen LogP contribution in [0.25, 0.3) is 0 Å². The molecule has 3 fully saturated rings. The number of carbonyl (C=O) groups excluding carboxylic acids is 2. The first kappa shape index (κ1) is 15.8. The van der Waals surface area contributed by atoms with Crippen molar-refractivity contribution in [1.29, 1.82) is 0 Å². The summed E-state index contributed by atoms with van der Waals surface area (Å²) in [6.45, 7) is 5.90. The van der Waals surface area contributed by atoms with Crippen LogP contribution in [0.3, 0.4) is 0 Å². The Morgan fingerprint density at radius 2 is 2.09 bits per heavy atom. The molecule has 0 N–H and O–H groups in total. The van der Waals surface area contributed by atoms with Crippen molar-refractivity contribution >= 4 is 11.9 Å². The van der Waals surface area contributed by atoms with Gasteiger partial charge in [-0.15, -0.1) is 0 Å². The monoisotopic (exact) mass is 308 g/mol. The summed E-state index contributed by atoms with van der Waals surface area (Å²) in [4.78, 5) is 24.1. The van der Waals surface area contributed by atoms with Gasteiger partial charge in [-0.2, -0.15) is 0 Å². The standard InChI is InChI=1S/C18H28O4/c1-4-17(2)11-18(3,22-16(17)20)8-7-15(19)21-14-10-12-5-6-13(14)9-12/h12-14H,4-11H2,1-3H3. The van der Waals surface area contributed by atoms with Crippen molar-refractivity contribution in [3.05, 3.63) is 0 Å². The number of esters is 2. The number of cyclic esters (lactones) is 1. The summed E-state index contributed by atoms with van der Waals surface area (Å²) in [5, 5.41) is 0. The maximum atomic E-state index is 12.1. The SMILES string of the molecule is CCC1(C)CC(C)(CCC(=O)OC2CC3CCC2C3)OC1=O. The van der Waals surface area contributed by atoms with E-state index < -0.39 is 11.0 Å². The van der Waals surface area contributed by atoms with Crippen LogP contribution in [0.4, 0.5) is 0 Å². The number of fused-ring (bicyclic) bond motifs is 2. The molecule has 3 aliphatic rings. The lowest BCUT2D eigenvalue weighted by Crippen LogP contribution is -2.28. The molecule has 2 bridgehead atoms. The molecule has 4 nitrogen and oxygen atoms in total. The molecule has 0 spiro atoms. The molecule has 5 unspecified atom stereocenters. The van der Waals surface area contributed by atoms with Crippen LogP contribution >= 0.6 is 0 Å². The molecule has 2 aliphatic carbocycles. The molecule has 4 heteroatoms. The highest BCUT2D eigenvalue weighted by Gasteiger charge is 2.50. The Kier molecular flexibility index (Phi) is 3.98. The third kappa shape index (κ3) is 2.89. The van der Waals surface area contributed by atoms with Gasteiger partial charge in [-0.05, 0) is 64.2 Å². The molecule has 22 heavy (non-hydrogen) atoms. The van der Waals surface area contributed by atoms with Crippen LogP contribution in [0.1, 0.15) is 72.1 Å². The van der Waals surface area contributed by atoms with Gasteiger partial charge in [0.15, 0.2) is 0 Å². The highest BCUT2D eigenvalue weighted by atomic mass is 16.6. The average Bonchev–Trinajstić information content (AvgIpc) is 3.12. The van der Waals surface area contributed by atoms with E-state index in [4.69, 9.17) is 9.47 Å². The summed E-state index contributed by atoms with van der Waals surface area (Å²) >= 11 is 0. The van der Waals surface area contributed by atoms with Crippen molar-refractivity contribution in [2.24, 2.45) is 17.3 Å². The second-order valence-electron chi connectivity index (χ2n) is 8.13. The molecule has 1 saturated heterocycles. The number of ether oxygens (including phenoxy) is 2. The Hall–Kier alpha value is -1.06. The molecular formula is C18H28O4. The summed E-state index contributed by atoms with van der Waals surface area (Å²) in [7, 11) is 0. The van der Waals surface area contributed by atoms with Gasteiger partial charge >= 0.3 is 11.9 Å². The smallest absolute Gasteiger partial charge is 0.312 e. The maximum Gasteiger partial charge on any atom is 0.312 e. The first-order chi connectivity index (χ1) is 10.3. The van der Waals surface area contributed by atoms with Crippen LogP contribution < -0.4 is 0 Å². The van der Waals surface area contributed by atoms with E-state index in [1.165, 1.54) is 19.3 Å². The van der Waals surface area contributed by atoms with E-state index in [0.717, 1.165) is 18.8 Å². The van der Waals surface area contributed by atoms with E-state index in [1.54, 1.807) is 0 Å². The van der Waals surface area contributed by atoms with E-state index in [1.807, 2.05) is 20.8 Å². The average molecular weight is 308 g/mol. The fourth-order valence-corrected chi connectivity index (χ4v) is 4.61. The summed E-state index contributed by atoms with van der Waals surface area (Å²) in [6.07, 6.45) is 7.33. The second kappa shape index (κ2) is 5.54.